The van der Waals surface area contributed by atoms with Crippen LogP contribution in [0.1, 0.15) is 63.9 Å². The molecule has 0 bridgehead atoms. The van der Waals surface area contributed by atoms with E-state index in [-0.39, 0.29) is 36.4 Å². The third kappa shape index (κ3) is 5.63. The van der Waals surface area contributed by atoms with Crippen LogP contribution in [-0.2, 0) is 9.59 Å². The number of aromatic nitrogens is 1. The number of nitrogens with zero attached hydrogens (tertiary/aromatic N) is 3. The zero-order valence-electron chi connectivity index (χ0n) is 20.6. The van der Waals surface area contributed by atoms with Crippen molar-refractivity contribution in [1.82, 2.24) is 9.88 Å². The Labute approximate surface area is 227 Å². The summed E-state index contributed by atoms with van der Waals surface area (Å²) in [7, 11) is 0. The van der Waals surface area contributed by atoms with E-state index in [2.05, 4.69) is 4.98 Å². The van der Waals surface area contributed by atoms with E-state index in [1.54, 1.807) is 39.4 Å². The third-order valence-electron chi connectivity index (χ3n) is 6.82. The molecule has 3 aromatic rings. The zero-order valence-corrected chi connectivity index (χ0v) is 22.2. The fraction of sp³-hybridized carbons (Fsp3) is 0.370. The van der Waals surface area contributed by atoms with Gasteiger partial charge in [0.05, 0.1) is 10.4 Å². The molecule has 38 heavy (non-hydrogen) atoms. The molecule has 1 atom stereocenters. The topological polar surface area (TPSA) is 117 Å². The normalized spacial score (nSPS) is 17.2. The number of hydrogen-bond acceptors (Lipinski definition) is 8. The molecule has 0 saturated carbocycles. The van der Waals surface area contributed by atoms with Crippen molar-refractivity contribution in [3.05, 3.63) is 63.3 Å². The standard InChI is InChI=1S/C27H27N3O6S2/c31-22(29-12-9-17(10-13-29)15-23(32)33)8-3-11-30(26(35)21-7-4-14-37-21)27-28-19(16-38-27)25-24(34)18-5-1-2-6-20(18)36-25/h1-2,4-7,14,16-17,25H,3,8-13,15H2,(H,32,33). The predicted molar refractivity (Wildman–Crippen MR) is 143 cm³/mol. The van der Waals surface area contributed by atoms with E-state index in [1.165, 1.54) is 22.7 Å². The Balaban J connectivity index is 1.24. The van der Waals surface area contributed by atoms with Crippen LogP contribution < -0.4 is 9.64 Å². The minimum atomic E-state index is -0.846. The number of carboxylic acid groups (broad SMARTS) is 1. The lowest BCUT2D eigenvalue weighted by molar-refractivity contribution is -0.138. The van der Waals surface area contributed by atoms with Crippen LogP contribution >= 0.6 is 22.7 Å². The van der Waals surface area contributed by atoms with E-state index in [1.807, 2.05) is 17.5 Å². The Morgan fingerprint density at radius 3 is 2.61 bits per heavy atom. The van der Waals surface area contributed by atoms with Gasteiger partial charge in [0.2, 0.25) is 17.8 Å². The van der Waals surface area contributed by atoms with Crippen molar-refractivity contribution in [1.29, 1.82) is 0 Å². The smallest absolute Gasteiger partial charge is 0.303 e. The number of carbonyl (C=O) groups excluding carboxylic acids is 3. The van der Waals surface area contributed by atoms with Gasteiger partial charge in [-0.25, -0.2) is 4.98 Å². The second-order valence-corrected chi connectivity index (χ2v) is 11.2. The number of carbonyl (C=O) groups is 4. The van der Waals surface area contributed by atoms with Gasteiger partial charge in [-0.3, -0.25) is 24.1 Å². The van der Waals surface area contributed by atoms with Crippen molar-refractivity contribution < 1.29 is 29.0 Å². The second kappa shape index (κ2) is 11.4. The first-order valence-electron chi connectivity index (χ1n) is 12.5. The van der Waals surface area contributed by atoms with Crippen LogP contribution in [0.4, 0.5) is 5.13 Å². The highest BCUT2D eigenvalue weighted by Gasteiger charge is 2.36. The monoisotopic (exact) mass is 553 g/mol. The van der Waals surface area contributed by atoms with E-state index in [4.69, 9.17) is 9.84 Å². The van der Waals surface area contributed by atoms with E-state index in [0.717, 1.165) is 0 Å². The summed E-state index contributed by atoms with van der Waals surface area (Å²) in [5, 5.41) is 13.0. The number of fused-ring (bicyclic) bond motifs is 1. The number of ketones is 1. The van der Waals surface area contributed by atoms with Crippen LogP contribution in [0.5, 0.6) is 5.75 Å². The summed E-state index contributed by atoms with van der Waals surface area (Å²) in [5.74, 6) is -0.530. The van der Waals surface area contributed by atoms with Gasteiger partial charge in [0.25, 0.3) is 5.91 Å². The number of benzene rings is 1. The SMILES string of the molecule is O=C(O)CC1CCN(C(=O)CCCN(C(=O)c2cccs2)c2nc(C3Oc4ccccc4C3=O)cs2)CC1. The molecule has 1 aromatic carbocycles. The molecule has 0 aliphatic carbocycles. The van der Waals surface area contributed by atoms with Gasteiger partial charge >= 0.3 is 5.97 Å². The van der Waals surface area contributed by atoms with Crippen LogP contribution in [0.25, 0.3) is 0 Å². The molecule has 1 fully saturated rings. The van der Waals surface area contributed by atoms with Crippen molar-refractivity contribution in [3.8, 4) is 5.75 Å². The number of Topliss-reactive ketones (excluding diaryl/α,β-unsaturated/α-hetero) is 1. The molecule has 2 aliphatic rings. The number of aliphatic carboxylic acids is 1. The van der Waals surface area contributed by atoms with E-state index in [0.29, 0.717) is 65.9 Å². The maximum atomic E-state index is 13.3. The molecule has 2 aromatic heterocycles. The number of ether oxygens (including phenoxy) is 1. The molecule has 2 aliphatic heterocycles. The Morgan fingerprint density at radius 2 is 1.89 bits per heavy atom. The van der Waals surface area contributed by atoms with Crippen molar-refractivity contribution >= 4 is 51.4 Å². The number of anilines is 1. The number of likely N-dealkylation sites (tertiary alicyclic amines) is 1. The van der Waals surface area contributed by atoms with Crippen molar-refractivity contribution in [2.24, 2.45) is 5.92 Å². The van der Waals surface area contributed by atoms with Crippen molar-refractivity contribution in [3.63, 3.8) is 0 Å². The number of para-hydroxylation sites is 1. The van der Waals surface area contributed by atoms with Gasteiger partial charge in [-0.2, -0.15) is 0 Å². The first-order chi connectivity index (χ1) is 18.4. The number of thiophene rings is 1. The average Bonchev–Trinajstić information content (AvgIpc) is 3.67. The quantitative estimate of drug-likeness (QED) is 0.410. The first-order valence-corrected chi connectivity index (χ1v) is 14.3. The van der Waals surface area contributed by atoms with Gasteiger partial charge < -0.3 is 14.7 Å². The maximum absolute atomic E-state index is 13.3. The Kier molecular flexibility index (Phi) is 7.85. The second-order valence-electron chi connectivity index (χ2n) is 9.37. The summed E-state index contributed by atoms with van der Waals surface area (Å²) in [6.07, 6.45) is 1.39. The number of hydrogen-bond donors (Lipinski definition) is 1. The zero-order chi connectivity index (χ0) is 26.6. The third-order valence-corrected chi connectivity index (χ3v) is 8.56. The molecule has 9 nitrogen and oxygen atoms in total. The molecule has 5 rings (SSSR count). The van der Waals surface area contributed by atoms with Crippen molar-refractivity contribution in [2.45, 2.75) is 38.2 Å². The highest BCUT2D eigenvalue weighted by Crippen LogP contribution is 2.38. The lowest BCUT2D eigenvalue weighted by Crippen LogP contribution is -2.39. The van der Waals surface area contributed by atoms with E-state index < -0.39 is 12.1 Å². The van der Waals surface area contributed by atoms with Gasteiger partial charge in [-0.1, -0.05) is 18.2 Å². The number of piperidine rings is 1. The molecular weight excluding hydrogens is 526 g/mol. The lowest BCUT2D eigenvalue weighted by atomic mass is 9.93. The van der Waals surface area contributed by atoms with Gasteiger partial charge in [0.15, 0.2) is 5.13 Å². The summed E-state index contributed by atoms with van der Waals surface area (Å²) in [6.45, 7) is 1.41. The Bertz CT molecular complexity index is 1330. The van der Waals surface area contributed by atoms with Crippen LogP contribution in [0.2, 0.25) is 0 Å². The fourth-order valence-corrected chi connectivity index (χ4v) is 6.34. The predicted octanol–water partition coefficient (Wildman–Crippen LogP) is 4.66. The molecule has 1 unspecified atom stereocenters. The summed E-state index contributed by atoms with van der Waals surface area (Å²) in [6, 6.07) is 10.6. The average molecular weight is 554 g/mol. The van der Waals surface area contributed by atoms with Crippen molar-refractivity contribution in [2.75, 3.05) is 24.5 Å². The van der Waals surface area contributed by atoms with E-state index in [9.17, 15) is 19.2 Å². The van der Waals surface area contributed by atoms with Gasteiger partial charge in [0, 0.05) is 37.9 Å². The Morgan fingerprint density at radius 1 is 1.11 bits per heavy atom. The lowest BCUT2D eigenvalue weighted by Gasteiger charge is -2.31. The molecular formula is C27H27N3O6S2. The molecule has 198 valence electrons. The number of rotatable bonds is 9. The molecule has 1 N–H and O–H groups in total. The van der Waals surface area contributed by atoms with Gasteiger partial charge in [-0.15, -0.1) is 22.7 Å². The van der Waals surface area contributed by atoms with E-state index >= 15 is 0 Å². The minimum absolute atomic E-state index is 0.00448. The number of carboxylic acids is 1. The minimum Gasteiger partial charge on any atom is -0.481 e. The summed E-state index contributed by atoms with van der Waals surface area (Å²) in [4.78, 5) is 58.5. The molecule has 1 saturated heterocycles. The highest BCUT2D eigenvalue weighted by atomic mass is 32.1. The fourth-order valence-electron chi connectivity index (χ4n) is 4.81. The largest absolute Gasteiger partial charge is 0.481 e. The summed E-state index contributed by atoms with van der Waals surface area (Å²) >= 11 is 2.60. The number of amides is 2. The van der Waals surface area contributed by atoms with Crippen LogP contribution in [0.3, 0.4) is 0 Å². The van der Waals surface area contributed by atoms with Gasteiger partial charge in [-0.05, 0) is 48.8 Å². The first kappa shape index (κ1) is 26.1. The van der Waals surface area contributed by atoms with Crippen LogP contribution in [0.15, 0.2) is 47.2 Å². The van der Waals surface area contributed by atoms with Gasteiger partial charge in [0.1, 0.15) is 11.4 Å². The van der Waals surface area contributed by atoms with Crippen LogP contribution in [0, 0.1) is 5.92 Å². The molecule has 11 heteroatoms. The number of thiazole rings is 1. The summed E-state index contributed by atoms with van der Waals surface area (Å²) < 4.78 is 5.85. The molecule has 0 spiro atoms. The van der Waals surface area contributed by atoms with Crippen LogP contribution in [-0.4, -0.2) is 58.2 Å². The molecule has 4 heterocycles. The molecule has 0 radical (unpaired) electrons. The Hall–Kier alpha value is -3.57. The summed E-state index contributed by atoms with van der Waals surface area (Å²) in [5.41, 5.74) is 0.972. The maximum Gasteiger partial charge on any atom is 0.303 e. The molecule has 2 amide bonds. The highest BCUT2D eigenvalue weighted by molar-refractivity contribution is 7.14.